The van der Waals surface area contributed by atoms with Crippen LogP contribution in [-0.4, -0.2) is 43.2 Å². The number of aromatic amines is 1. The van der Waals surface area contributed by atoms with E-state index in [0.29, 0.717) is 6.04 Å². The number of methoxy groups -OCH3 is 1. The highest BCUT2D eigenvalue weighted by Crippen LogP contribution is 2.41. The molecular formula is C18H29Cl2N3O. The maximum Gasteiger partial charge on any atom is 0.119 e. The molecule has 2 heterocycles. The van der Waals surface area contributed by atoms with Crippen LogP contribution in [0.1, 0.15) is 32.4 Å². The van der Waals surface area contributed by atoms with Crippen LogP contribution >= 0.6 is 24.8 Å². The van der Waals surface area contributed by atoms with E-state index in [4.69, 9.17) is 4.74 Å². The fourth-order valence-corrected chi connectivity index (χ4v) is 3.63. The van der Waals surface area contributed by atoms with Crippen molar-refractivity contribution in [3.05, 3.63) is 30.0 Å². The first-order valence-corrected chi connectivity index (χ1v) is 8.10. The van der Waals surface area contributed by atoms with Crippen molar-refractivity contribution in [3.8, 4) is 5.75 Å². The standard InChI is InChI=1S/C18H27N3O.2ClH/c1-18(2,3)17(21-9-7-19-8-10-21)15-12-20-16-6-5-13(22-4)11-14(15)16;;/h5-6,11-12,17,19-20H,7-10H2,1-4H3;2*1H/t17-;;/m0../s1. The largest absolute Gasteiger partial charge is 0.497 e. The molecule has 0 unspecified atom stereocenters. The van der Waals surface area contributed by atoms with Gasteiger partial charge in [0.2, 0.25) is 0 Å². The summed E-state index contributed by atoms with van der Waals surface area (Å²) in [4.78, 5) is 6.04. The molecule has 2 aromatic rings. The van der Waals surface area contributed by atoms with Gasteiger partial charge in [-0.3, -0.25) is 4.90 Å². The highest BCUT2D eigenvalue weighted by atomic mass is 35.5. The fourth-order valence-electron chi connectivity index (χ4n) is 3.63. The molecular weight excluding hydrogens is 345 g/mol. The number of hydrogen-bond acceptors (Lipinski definition) is 3. The minimum absolute atomic E-state index is 0. The number of benzene rings is 1. The van der Waals surface area contributed by atoms with Crippen molar-refractivity contribution in [2.24, 2.45) is 5.41 Å². The van der Waals surface area contributed by atoms with Crippen molar-refractivity contribution in [2.75, 3.05) is 33.3 Å². The predicted molar refractivity (Wildman–Crippen MR) is 106 cm³/mol. The molecule has 1 atom stereocenters. The number of nitrogens with one attached hydrogen (secondary N) is 2. The van der Waals surface area contributed by atoms with Gasteiger partial charge in [0.05, 0.1) is 7.11 Å². The van der Waals surface area contributed by atoms with Crippen LogP contribution in [0.5, 0.6) is 5.75 Å². The number of ether oxygens (including phenoxy) is 1. The first kappa shape index (κ1) is 21.1. The normalized spacial score (nSPS) is 17.0. The average Bonchev–Trinajstić information content (AvgIpc) is 2.90. The lowest BCUT2D eigenvalue weighted by Crippen LogP contribution is -2.48. The smallest absolute Gasteiger partial charge is 0.119 e. The summed E-state index contributed by atoms with van der Waals surface area (Å²) >= 11 is 0. The molecule has 1 aromatic heterocycles. The molecule has 0 amide bonds. The van der Waals surface area contributed by atoms with E-state index in [1.54, 1.807) is 7.11 Å². The van der Waals surface area contributed by atoms with Gasteiger partial charge in [0.1, 0.15) is 5.75 Å². The lowest BCUT2D eigenvalue weighted by molar-refractivity contribution is 0.0872. The van der Waals surface area contributed by atoms with Gasteiger partial charge < -0.3 is 15.0 Å². The number of halogens is 2. The van der Waals surface area contributed by atoms with Crippen LogP contribution in [0.4, 0.5) is 0 Å². The average molecular weight is 374 g/mol. The topological polar surface area (TPSA) is 40.3 Å². The summed E-state index contributed by atoms with van der Waals surface area (Å²) in [5, 5.41) is 4.73. The van der Waals surface area contributed by atoms with Crippen molar-refractivity contribution in [3.63, 3.8) is 0 Å². The van der Waals surface area contributed by atoms with Crippen molar-refractivity contribution >= 4 is 35.7 Å². The zero-order chi connectivity index (χ0) is 15.7. The van der Waals surface area contributed by atoms with Gasteiger partial charge in [-0.1, -0.05) is 20.8 Å². The molecule has 136 valence electrons. The molecule has 1 aliphatic rings. The van der Waals surface area contributed by atoms with Gasteiger partial charge in [0.15, 0.2) is 0 Å². The molecule has 3 rings (SSSR count). The Kier molecular flexibility index (Phi) is 7.42. The molecule has 0 aliphatic carbocycles. The Labute approximate surface area is 157 Å². The minimum atomic E-state index is 0. The van der Waals surface area contributed by atoms with E-state index in [2.05, 4.69) is 54.3 Å². The summed E-state index contributed by atoms with van der Waals surface area (Å²) in [6, 6.07) is 6.67. The van der Waals surface area contributed by atoms with E-state index in [1.165, 1.54) is 16.5 Å². The third kappa shape index (κ3) is 4.17. The van der Waals surface area contributed by atoms with E-state index >= 15 is 0 Å². The van der Waals surface area contributed by atoms with Crippen LogP contribution in [0.3, 0.4) is 0 Å². The third-order valence-corrected chi connectivity index (χ3v) is 4.55. The lowest BCUT2D eigenvalue weighted by atomic mass is 9.81. The zero-order valence-electron chi connectivity index (χ0n) is 14.9. The second-order valence-electron chi connectivity index (χ2n) is 7.21. The quantitative estimate of drug-likeness (QED) is 0.853. The van der Waals surface area contributed by atoms with Gasteiger partial charge in [-0.05, 0) is 29.2 Å². The van der Waals surface area contributed by atoms with Crippen LogP contribution in [0.2, 0.25) is 0 Å². The Morgan fingerprint density at radius 1 is 1.12 bits per heavy atom. The molecule has 0 spiro atoms. The SMILES string of the molecule is COc1ccc2[nH]cc([C@H](N3CCNCC3)C(C)(C)C)c2c1.Cl.Cl. The van der Waals surface area contributed by atoms with Gasteiger partial charge in [0, 0.05) is 49.3 Å². The molecule has 1 aliphatic heterocycles. The van der Waals surface area contributed by atoms with Crippen LogP contribution in [0.25, 0.3) is 10.9 Å². The summed E-state index contributed by atoms with van der Waals surface area (Å²) in [6.07, 6.45) is 2.18. The van der Waals surface area contributed by atoms with Gasteiger partial charge in [0.25, 0.3) is 0 Å². The molecule has 0 bridgehead atoms. The molecule has 0 saturated carbocycles. The van der Waals surface area contributed by atoms with Crippen molar-refractivity contribution in [2.45, 2.75) is 26.8 Å². The maximum absolute atomic E-state index is 5.42. The summed E-state index contributed by atoms with van der Waals surface area (Å²) in [5.74, 6) is 0.918. The summed E-state index contributed by atoms with van der Waals surface area (Å²) < 4.78 is 5.42. The van der Waals surface area contributed by atoms with Crippen molar-refractivity contribution < 1.29 is 4.74 Å². The van der Waals surface area contributed by atoms with Gasteiger partial charge in [-0.15, -0.1) is 24.8 Å². The number of piperazine rings is 1. The maximum atomic E-state index is 5.42. The summed E-state index contributed by atoms with van der Waals surface area (Å²) in [5.41, 5.74) is 2.73. The predicted octanol–water partition coefficient (Wildman–Crippen LogP) is 4.01. The summed E-state index contributed by atoms with van der Waals surface area (Å²) in [6.45, 7) is 11.3. The van der Waals surface area contributed by atoms with Crippen LogP contribution in [0.15, 0.2) is 24.4 Å². The van der Waals surface area contributed by atoms with Crippen LogP contribution in [-0.2, 0) is 0 Å². The Balaban J connectivity index is 0.00000144. The van der Waals surface area contributed by atoms with Crippen LogP contribution in [0, 0.1) is 5.41 Å². The van der Waals surface area contributed by atoms with Gasteiger partial charge >= 0.3 is 0 Å². The van der Waals surface area contributed by atoms with E-state index in [1.807, 2.05) is 6.07 Å². The molecule has 2 N–H and O–H groups in total. The van der Waals surface area contributed by atoms with Crippen molar-refractivity contribution in [1.82, 2.24) is 15.2 Å². The van der Waals surface area contributed by atoms with Crippen LogP contribution < -0.4 is 10.1 Å². The zero-order valence-corrected chi connectivity index (χ0v) is 16.5. The molecule has 0 radical (unpaired) electrons. The minimum Gasteiger partial charge on any atom is -0.497 e. The highest BCUT2D eigenvalue weighted by Gasteiger charge is 2.34. The van der Waals surface area contributed by atoms with E-state index in [0.717, 1.165) is 31.9 Å². The fraction of sp³-hybridized carbons (Fsp3) is 0.556. The molecule has 1 fully saturated rings. The number of nitrogens with zero attached hydrogens (tertiary/aromatic N) is 1. The lowest BCUT2D eigenvalue weighted by Gasteiger charge is -2.42. The Morgan fingerprint density at radius 2 is 1.79 bits per heavy atom. The number of rotatable bonds is 3. The molecule has 6 heteroatoms. The monoisotopic (exact) mass is 373 g/mol. The van der Waals surface area contributed by atoms with Gasteiger partial charge in [-0.25, -0.2) is 0 Å². The first-order chi connectivity index (χ1) is 10.5. The van der Waals surface area contributed by atoms with Gasteiger partial charge in [-0.2, -0.15) is 0 Å². The van der Waals surface area contributed by atoms with E-state index < -0.39 is 0 Å². The Hall–Kier alpha value is -0.940. The molecule has 1 aromatic carbocycles. The number of aromatic nitrogens is 1. The second kappa shape index (κ2) is 8.43. The Morgan fingerprint density at radius 3 is 2.38 bits per heavy atom. The second-order valence-corrected chi connectivity index (χ2v) is 7.21. The van der Waals surface area contributed by atoms with Crippen molar-refractivity contribution in [1.29, 1.82) is 0 Å². The number of fused-ring (bicyclic) bond motifs is 1. The Bertz CT molecular complexity index is 645. The number of H-pyrrole nitrogens is 1. The molecule has 24 heavy (non-hydrogen) atoms. The highest BCUT2D eigenvalue weighted by molar-refractivity contribution is 5.86. The number of hydrogen-bond donors (Lipinski definition) is 2. The first-order valence-electron chi connectivity index (χ1n) is 8.10. The molecule has 4 nitrogen and oxygen atoms in total. The molecule has 1 saturated heterocycles. The summed E-state index contributed by atoms with van der Waals surface area (Å²) in [7, 11) is 1.73. The van der Waals surface area contributed by atoms with E-state index in [-0.39, 0.29) is 30.2 Å². The van der Waals surface area contributed by atoms with E-state index in [9.17, 15) is 0 Å². The third-order valence-electron chi connectivity index (χ3n) is 4.55.